The van der Waals surface area contributed by atoms with Gasteiger partial charge in [-0.2, -0.15) is 0 Å². The molecule has 1 aliphatic rings. The lowest BCUT2D eigenvalue weighted by molar-refractivity contribution is -0.104. The number of morpholine rings is 1. The molecule has 11 heavy (non-hydrogen) atoms. The Morgan fingerprint density at radius 2 is 2.09 bits per heavy atom. The Balaban J connectivity index is 2.40. The number of hydrogen-bond donors (Lipinski definition) is 0. The van der Waals surface area contributed by atoms with E-state index in [1.807, 2.05) is 0 Å². The fraction of sp³-hybridized carbons (Fsp3) is 0.571. The van der Waals surface area contributed by atoms with Gasteiger partial charge in [-0.1, -0.05) is 0 Å². The van der Waals surface area contributed by atoms with Gasteiger partial charge in [0.2, 0.25) is 0 Å². The quantitative estimate of drug-likeness (QED) is 0.508. The van der Waals surface area contributed by atoms with Crippen LogP contribution in [-0.2, 0) is 9.53 Å². The van der Waals surface area contributed by atoms with E-state index in [2.05, 4.69) is 20.8 Å². The maximum Gasteiger partial charge on any atom is 0.158 e. The highest BCUT2D eigenvalue weighted by molar-refractivity contribution is 9.12. The highest BCUT2D eigenvalue weighted by Crippen LogP contribution is 2.05. The van der Waals surface area contributed by atoms with Gasteiger partial charge in [0, 0.05) is 19.3 Å². The minimum absolute atomic E-state index is 0.583. The number of nitrogens with zero attached hydrogens (tertiary/aromatic N) is 1. The normalized spacial score (nSPS) is 20.1. The average Bonchev–Trinajstić information content (AvgIpc) is 2.06. The van der Waals surface area contributed by atoms with Crippen LogP contribution >= 0.6 is 15.9 Å². The zero-order chi connectivity index (χ0) is 8.10. The molecular formula is C7H10BrNO2. The van der Waals surface area contributed by atoms with Crippen LogP contribution in [0.3, 0.4) is 0 Å². The highest BCUT2D eigenvalue weighted by Gasteiger charge is 2.06. The van der Waals surface area contributed by atoms with Crippen molar-refractivity contribution in [2.24, 2.45) is 0 Å². The van der Waals surface area contributed by atoms with Gasteiger partial charge in [-0.25, -0.2) is 0 Å². The monoisotopic (exact) mass is 219 g/mol. The first-order valence-electron chi connectivity index (χ1n) is 3.47. The Bertz CT molecular complexity index is 164. The maximum absolute atomic E-state index is 10.2. The van der Waals surface area contributed by atoms with Gasteiger partial charge >= 0.3 is 0 Å². The topological polar surface area (TPSA) is 29.5 Å². The third-order valence-corrected chi connectivity index (χ3v) is 1.86. The molecule has 0 spiro atoms. The molecule has 3 nitrogen and oxygen atoms in total. The van der Waals surface area contributed by atoms with Gasteiger partial charge in [0.25, 0.3) is 0 Å². The first-order chi connectivity index (χ1) is 5.33. The number of ether oxygens (including phenoxy) is 1. The van der Waals surface area contributed by atoms with E-state index in [0.717, 1.165) is 32.6 Å². The molecule has 1 fully saturated rings. The largest absolute Gasteiger partial charge is 0.378 e. The molecule has 0 aromatic rings. The molecule has 1 aliphatic heterocycles. The van der Waals surface area contributed by atoms with Crippen molar-refractivity contribution in [1.29, 1.82) is 0 Å². The zero-order valence-electron chi connectivity index (χ0n) is 6.12. The van der Waals surface area contributed by atoms with E-state index >= 15 is 0 Å². The van der Waals surface area contributed by atoms with E-state index in [-0.39, 0.29) is 0 Å². The second-order valence-electron chi connectivity index (χ2n) is 2.28. The second kappa shape index (κ2) is 4.51. The zero-order valence-corrected chi connectivity index (χ0v) is 7.71. The summed E-state index contributed by atoms with van der Waals surface area (Å²) in [5.74, 6) is 0. The number of aldehydes is 1. The lowest BCUT2D eigenvalue weighted by Crippen LogP contribution is -2.32. The smallest absolute Gasteiger partial charge is 0.158 e. The second-order valence-corrected chi connectivity index (χ2v) is 3.20. The molecule has 1 saturated heterocycles. The van der Waals surface area contributed by atoms with Crippen LogP contribution in [0.15, 0.2) is 10.7 Å². The number of allylic oxidation sites excluding steroid dienone is 1. The Kier molecular flexibility index (Phi) is 3.59. The Morgan fingerprint density at radius 3 is 2.64 bits per heavy atom. The summed E-state index contributed by atoms with van der Waals surface area (Å²) in [6, 6.07) is 0. The summed E-state index contributed by atoms with van der Waals surface area (Å²) < 4.78 is 5.72. The molecule has 0 radical (unpaired) electrons. The number of rotatable bonds is 2. The van der Waals surface area contributed by atoms with Crippen LogP contribution < -0.4 is 0 Å². The van der Waals surface area contributed by atoms with Crippen molar-refractivity contribution in [3.63, 3.8) is 0 Å². The molecule has 0 aliphatic carbocycles. The van der Waals surface area contributed by atoms with Crippen LogP contribution in [-0.4, -0.2) is 37.5 Å². The fourth-order valence-electron chi connectivity index (χ4n) is 0.911. The SMILES string of the molecule is O=C/C(Br)=C/N1CCOCC1. The Labute approximate surface area is 74.1 Å². The van der Waals surface area contributed by atoms with E-state index in [1.165, 1.54) is 0 Å². The van der Waals surface area contributed by atoms with Crippen LogP contribution in [0, 0.1) is 0 Å². The molecule has 1 rings (SSSR count). The number of carbonyl (C=O) groups is 1. The van der Waals surface area contributed by atoms with Gasteiger partial charge < -0.3 is 9.64 Å². The number of carbonyl (C=O) groups excluding carboxylic acids is 1. The predicted octanol–water partition coefficient (Wildman–Crippen LogP) is 0.754. The molecule has 0 amide bonds. The van der Waals surface area contributed by atoms with Crippen LogP contribution in [0.4, 0.5) is 0 Å². The molecule has 0 atom stereocenters. The molecule has 1 heterocycles. The van der Waals surface area contributed by atoms with Gasteiger partial charge in [-0.3, -0.25) is 4.79 Å². The van der Waals surface area contributed by atoms with Gasteiger partial charge in [0.15, 0.2) is 6.29 Å². The van der Waals surface area contributed by atoms with Gasteiger partial charge in [-0.15, -0.1) is 0 Å². The van der Waals surface area contributed by atoms with Gasteiger partial charge in [-0.05, 0) is 15.9 Å². The number of hydrogen-bond acceptors (Lipinski definition) is 3. The highest BCUT2D eigenvalue weighted by atomic mass is 79.9. The fourth-order valence-corrected chi connectivity index (χ4v) is 1.20. The summed E-state index contributed by atoms with van der Waals surface area (Å²) in [6.07, 6.45) is 2.59. The molecular weight excluding hydrogens is 210 g/mol. The summed E-state index contributed by atoms with van der Waals surface area (Å²) in [5, 5.41) is 0. The summed E-state index contributed by atoms with van der Waals surface area (Å²) in [5.41, 5.74) is 0. The van der Waals surface area contributed by atoms with Crippen molar-refractivity contribution in [3.8, 4) is 0 Å². The van der Waals surface area contributed by atoms with E-state index in [0.29, 0.717) is 4.48 Å². The lowest BCUT2D eigenvalue weighted by atomic mass is 10.4. The summed E-state index contributed by atoms with van der Waals surface area (Å²) in [4.78, 5) is 12.3. The maximum atomic E-state index is 10.2. The van der Waals surface area contributed by atoms with Crippen molar-refractivity contribution in [1.82, 2.24) is 4.90 Å². The molecule has 0 aromatic heterocycles. The van der Waals surface area contributed by atoms with Crippen LogP contribution in [0.5, 0.6) is 0 Å². The summed E-state index contributed by atoms with van der Waals surface area (Å²) in [7, 11) is 0. The minimum Gasteiger partial charge on any atom is -0.378 e. The van der Waals surface area contributed by atoms with Crippen molar-refractivity contribution in [2.75, 3.05) is 26.3 Å². The molecule has 0 bridgehead atoms. The Hall–Kier alpha value is -0.350. The molecule has 0 aromatic carbocycles. The Morgan fingerprint density at radius 1 is 1.45 bits per heavy atom. The van der Waals surface area contributed by atoms with E-state index in [4.69, 9.17) is 4.74 Å². The van der Waals surface area contributed by atoms with E-state index < -0.39 is 0 Å². The molecule has 4 heteroatoms. The van der Waals surface area contributed by atoms with Crippen molar-refractivity contribution >= 4 is 22.2 Å². The average molecular weight is 220 g/mol. The molecule has 0 unspecified atom stereocenters. The van der Waals surface area contributed by atoms with E-state index in [9.17, 15) is 4.79 Å². The van der Waals surface area contributed by atoms with Crippen molar-refractivity contribution in [2.45, 2.75) is 0 Å². The standard InChI is InChI=1S/C7H10BrNO2/c8-7(6-10)5-9-1-3-11-4-2-9/h5-6H,1-4H2/b7-5-. The third-order valence-electron chi connectivity index (χ3n) is 1.46. The van der Waals surface area contributed by atoms with Crippen molar-refractivity contribution in [3.05, 3.63) is 10.7 Å². The molecule has 62 valence electrons. The van der Waals surface area contributed by atoms with Crippen LogP contribution in [0.1, 0.15) is 0 Å². The van der Waals surface area contributed by atoms with Gasteiger partial charge in [0.1, 0.15) is 0 Å². The summed E-state index contributed by atoms with van der Waals surface area (Å²) >= 11 is 3.12. The predicted molar refractivity (Wildman–Crippen MR) is 45.5 cm³/mol. The van der Waals surface area contributed by atoms with Gasteiger partial charge in [0.05, 0.1) is 17.7 Å². The first kappa shape index (κ1) is 8.74. The molecule has 0 N–H and O–H groups in total. The number of halogens is 1. The third kappa shape index (κ3) is 3.03. The molecule has 0 saturated carbocycles. The lowest BCUT2D eigenvalue weighted by Gasteiger charge is -2.25. The van der Waals surface area contributed by atoms with Crippen LogP contribution in [0.2, 0.25) is 0 Å². The van der Waals surface area contributed by atoms with Crippen molar-refractivity contribution < 1.29 is 9.53 Å². The minimum atomic E-state index is 0.583. The first-order valence-corrected chi connectivity index (χ1v) is 4.26. The van der Waals surface area contributed by atoms with E-state index in [1.54, 1.807) is 6.20 Å². The summed E-state index contributed by atoms with van der Waals surface area (Å²) in [6.45, 7) is 3.22. The van der Waals surface area contributed by atoms with Crippen LogP contribution in [0.25, 0.3) is 0 Å².